The van der Waals surface area contributed by atoms with E-state index in [9.17, 15) is 0 Å². The van der Waals surface area contributed by atoms with Gasteiger partial charge in [-0.15, -0.1) is 10.2 Å². The highest BCUT2D eigenvalue weighted by molar-refractivity contribution is 5.65. The maximum Gasteiger partial charge on any atom is 0.228 e. The molecule has 4 aromatic heterocycles. The van der Waals surface area contributed by atoms with Crippen LogP contribution in [-0.4, -0.2) is 47.1 Å². The summed E-state index contributed by atoms with van der Waals surface area (Å²) in [6, 6.07) is 7.76. The zero-order valence-electron chi connectivity index (χ0n) is 15.5. The molecule has 5 rings (SSSR count). The molecule has 1 fully saturated rings. The van der Waals surface area contributed by atoms with E-state index < -0.39 is 0 Å². The minimum Gasteiger partial charge on any atom is -0.378 e. The SMILES string of the molecule is Cn1nccc1Nc1nccc(-c2ccn3c(CC4CCCO4)nnc3c2)n1. The highest BCUT2D eigenvalue weighted by Gasteiger charge is 2.19. The van der Waals surface area contributed by atoms with Gasteiger partial charge in [0.25, 0.3) is 0 Å². The first-order chi connectivity index (χ1) is 13.8. The van der Waals surface area contributed by atoms with Gasteiger partial charge in [-0.2, -0.15) is 5.10 Å². The number of aryl methyl sites for hydroxylation is 1. The monoisotopic (exact) mass is 376 g/mol. The van der Waals surface area contributed by atoms with Gasteiger partial charge in [-0.3, -0.25) is 9.08 Å². The van der Waals surface area contributed by atoms with E-state index in [1.54, 1.807) is 17.1 Å². The first-order valence-electron chi connectivity index (χ1n) is 9.30. The quantitative estimate of drug-likeness (QED) is 0.571. The summed E-state index contributed by atoms with van der Waals surface area (Å²) in [5.41, 5.74) is 2.56. The fraction of sp³-hybridized carbons (Fsp3) is 0.316. The number of nitrogens with zero attached hydrogens (tertiary/aromatic N) is 7. The molecule has 5 heterocycles. The average molecular weight is 376 g/mol. The van der Waals surface area contributed by atoms with Crippen molar-refractivity contribution in [3.05, 3.63) is 48.7 Å². The number of anilines is 2. The molecule has 0 saturated carbocycles. The molecular weight excluding hydrogens is 356 g/mol. The van der Waals surface area contributed by atoms with E-state index in [-0.39, 0.29) is 6.10 Å². The Labute approximate surface area is 161 Å². The van der Waals surface area contributed by atoms with Crippen molar-refractivity contribution < 1.29 is 4.74 Å². The number of fused-ring (bicyclic) bond motifs is 1. The van der Waals surface area contributed by atoms with Crippen molar-refractivity contribution in [3.8, 4) is 11.3 Å². The van der Waals surface area contributed by atoms with Crippen LogP contribution in [0.3, 0.4) is 0 Å². The van der Waals surface area contributed by atoms with Crippen molar-refractivity contribution in [2.45, 2.75) is 25.4 Å². The van der Waals surface area contributed by atoms with Gasteiger partial charge in [0, 0.05) is 44.1 Å². The third kappa shape index (κ3) is 3.20. The topological polar surface area (TPSA) is 95.1 Å². The van der Waals surface area contributed by atoms with Crippen LogP contribution in [0.1, 0.15) is 18.7 Å². The second-order valence-corrected chi connectivity index (χ2v) is 6.83. The molecule has 1 N–H and O–H groups in total. The lowest BCUT2D eigenvalue weighted by Crippen LogP contribution is -2.11. The number of rotatable bonds is 5. The molecule has 4 aromatic rings. The van der Waals surface area contributed by atoms with E-state index in [0.717, 1.165) is 54.4 Å². The molecule has 0 aromatic carbocycles. The van der Waals surface area contributed by atoms with Gasteiger partial charge in [0.1, 0.15) is 11.6 Å². The van der Waals surface area contributed by atoms with Gasteiger partial charge in [0.15, 0.2) is 5.65 Å². The molecule has 1 aliphatic rings. The maximum atomic E-state index is 5.72. The summed E-state index contributed by atoms with van der Waals surface area (Å²) in [4.78, 5) is 8.91. The van der Waals surface area contributed by atoms with Gasteiger partial charge in [-0.05, 0) is 31.0 Å². The van der Waals surface area contributed by atoms with Crippen LogP contribution in [0.15, 0.2) is 42.9 Å². The van der Waals surface area contributed by atoms with Crippen molar-refractivity contribution in [1.29, 1.82) is 0 Å². The number of nitrogens with one attached hydrogen (secondary N) is 1. The third-order valence-electron chi connectivity index (χ3n) is 4.93. The normalized spacial score (nSPS) is 16.7. The molecule has 1 unspecified atom stereocenters. The summed E-state index contributed by atoms with van der Waals surface area (Å²) in [6.07, 6.45) is 8.68. The van der Waals surface area contributed by atoms with Gasteiger partial charge >= 0.3 is 0 Å². The minimum absolute atomic E-state index is 0.245. The lowest BCUT2D eigenvalue weighted by molar-refractivity contribution is 0.109. The molecule has 9 nitrogen and oxygen atoms in total. The lowest BCUT2D eigenvalue weighted by atomic mass is 10.1. The molecule has 1 saturated heterocycles. The zero-order valence-corrected chi connectivity index (χ0v) is 15.5. The molecule has 0 amide bonds. The van der Waals surface area contributed by atoms with Gasteiger partial charge in [0.05, 0.1) is 18.0 Å². The predicted molar refractivity (Wildman–Crippen MR) is 103 cm³/mol. The van der Waals surface area contributed by atoms with Crippen molar-refractivity contribution >= 4 is 17.4 Å². The highest BCUT2D eigenvalue weighted by Crippen LogP contribution is 2.22. The third-order valence-corrected chi connectivity index (χ3v) is 4.93. The molecule has 1 aliphatic heterocycles. The first kappa shape index (κ1) is 16.8. The second kappa shape index (κ2) is 7.01. The Morgan fingerprint density at radius 2 is 2.18 bits per heavy atom. The Balaban J connectivity index is 1.41. The number of hydrogen-bond donors (Lipinski definition) is 1. The van der Waals surface area contributed by atoms with E-state index in [4.69, 9.17) is 4.74 Å². The van der Waals surface area contributed by atoms with Crippen LogP contribution in [0.2, 0.25) is 0 Å². The summed E-state index contributed by atoms with van der Waals surface area (Å²) in [5.74, 6) is 2.26. The Morgan fingerprint density at radius 1 is 1.21 bits per heavy atom. The van der Waals surface area contributed by atoms with E-state index >= 15 is 0 Å². The van der Waals surface area contributed by atoms with Crippen molar-refractivity contribution in [3.63, 3.8) is 0 Å². The molecule has 1 atom stereocenters. The molecule has 0 aliphatic carbocycles. The van der Waals surface area contributed by atoms with E-state index in [2.05, 4.69) is 30.6 Å². The summed E-state index contributed by atoms with van der Waals surface area (Å²) in [7, 11) is 1.86. The van der Waals surface area contributed by atoms with E-state index in [1.165, 1.54) is 0 Å². The smallest absolute Gasteiger partial charge is 0.228 e. The molecule has 9 heteroatoms. The highest BCUT2D eigenvalue weighted by atomic mass is 16.5. The lowest BCUT2D eigenvalue weighted by Gasteiger charge is -2.08. The molecule has 142 valence electrons. The molecule has 0 radical (unpaired) electrons. The van der Waals surface area contributed by atoms with Crippen LogP contribution in [0.5, 0.6) is 0 Å². The number of aromatic nitrogens is 7. The average Bonchev–Trinajstić information content (AvgIpc) is 3.45. The standard InChI is InChI=1S/C19H20N8O/c1-26-16(5-8-21-26)23-19-20-7-4-15(22-19)13-6-9-27-17(11-13)24-25-18(27)12-14-3-2-10-28-14/h4-9,11,14H,2-3,10,12H2,1H3,(H,20,22,23). The number of pyridine rings is 1. The Hall–Kier alpha value is -3.33. The predicted octanol–water partition coefficient (Wildman–Crippen LogP) is 2.38. The zero-order chi connectivity index (χ0) is 18.9. The fourth-order valence-electron chi connectivity index (χ4n) is 3.44. The van der Waals surface area contributed by atoms with Crippen LogP contribution in [0.25, 0.3) is 16.9 Å². The largest absolute Gasteiger partial charge is 0.378 e. The van der Waals surface area contributed by atoms with E-state index in [0.29, 0.717) is 5.95 Å². The van der Waals surface area contributed by atoms with Crippen LogP contribution in [0, 0.1) is 0 Å². The van der Waals surface area contributed by atoms with Crippen molar-refractivity contribution in [1.82, 2.24) is 34.3 Å². The van der Waals surface area contributed by atoms with E-state index in [1.807, 2.05) is 41.9 Å². The molecule has 28 heavy (non-hydrogen) atoms. The maximum absolute atomic E-state index is 5.72. The van der Waals surface area contributed by atoms with Crippen LogP contribution in [0.4, 0.5) is 11.8 Å². The summed E-state index contributed by atoms with van der Waals surface area (Å²) in [6.45, 7) is 0.842. The summed E-state index contributed by atoms with van der Waals surface area (Å²) >= 11 is 0. The molecular formula is C19H20N8O. The molecule has 0 bridgehead atoms. The van der Waals surface area contributed by atoms with Crippen molar-refractivity contribution in [2.75, 3.05) is 11.9 Å². The van der Waals surface area contributed by atoms with Crippen LogP contribution in [-0.2, 0) is 18.2 Å². The minimum atomic E-state index is 0.245. The van der Waals surface area contributed by atoms with Crippen LogP contribution >= 0.6 is 0 Å². The van der Waals surface area contributed by atoms with Gasteiger partial charge in [-0.1, -0.05) is 0 Å². The summed E-state index contributed by atoms with van der Waals surface area (Å²) < 4.78 is 9.47. The van der Waals surface area contributed by atoms with Crippen molar-refractivity contribution in [2.24, 2.45) is 7.05 Å². The Kier molecular flexibility index (Phi) is 4.21. The van der Waals surface area contributed by atoms with Gasteiger partial charge in [-0.25, -0.2) is 9.97 Å². The fourth-order valence-corrected chi connectivity index (χ4v) is 3.44. The number of hydrogen-bond acceptors (Lipinski definition) is 7. The summed E-state index contributed by atoms with van der Waals surface area (Å²) in [5, 5.41) is 16.0. The van der Waals surface area contributed by atoms with Gasteiger partial charge in [0.2, 0.25) is 5.95 Å². The Morgan fingerprint density at radius 3 is 3.00 bits per heavy atom. The van der Waals surface area contributed by atoms with Gasteiger partial charge < -0.3 is 10.1 Å². The van der Waals surface area contributed by atoms with Crippen LogP contribution < -0.4 is 5.32 Å². The number of ether oxygens (including phenoxy) is 1. The first-order valence-corrected chi connectivity index (χ1v) is 9.30. The Bertz CT molecular complexity index is 1110. The second-order valence-electron chi connectivity index (χ2n) is 6.83. The molecule has 0 spiro atoms.